The molecule has 2 aliphatic carbocycles. The molecule has 7 heteroatoms. The Morgan fingerprint density at radius 2 is 1.68 bits per heavy atom. The molecule has 2 aromatic carbocycles. The molecule has 3 N–H and O–H groups in total. The van der Waals surface area contributed by atoms with Crippen LogP contribution in [0.5, 0.6) is 0 Å². The van der Waals surface area contributed by atoms with Crippen molar-refractivity contribution in [3.63, 3.8) is 0 Å². The van der Waals surface area contributed by atoms with Crippen molar-refractivity contribution in [2.75, 3.05) is 0 Å². The van der Waals surface area contributed by atoms with Gasteiger partial charge in [-0.25, -0.2) is 4.98 Å². The number of benzene rings is 2. The largest absolute Gasteiger partial charge is 0.321 e. The predicted molar refractivity (Wildman–Crippen MR) is 148 cm³/mol. The summed E-state index contributed by atoms with van der Waals surface area (Å²) < 4.78 is 2.04. The average molecular weight is 498 g/mol. The Kier molecular flexibility index (Phi) is 4.61. The highest BCUT2D eigenvalue weighted by molar-refractivity contribution is 5.98. The van der Waals surface area contributed by atoms with Crippen molar-refractivity contribution in [2.45, 2.75) is 44.1 Å². The second kappa shape index (κ2) is 8.07. The SMILES string of the molecule is NC1(c2ccc(-c3nc4ccn5c(-c6n[nH]c7c6CCC7)nnc5c4cc3-c3ccccc3)cc2)CCC1. The molecule has 6 aromatic rings. The maximum absolute atomic E-state index is 6.59. The lowest BCUT2D eigenvalue weighted by atomic mass is 9.72. The van der Waals surface area contributed by atoms with E-state index in [1.165, 1.54) is 23.2 Å². The molecule has 2 aliphatic rings. The number of aryl methyl sites for hydroxylation is 1. The van der Waals surface area contributed by atoms with Crippen molar-refractivity contribution in [3.05, 3.63) is 89.7 Å². The number of rotatable bonds is 4. The molecule has 1 fully saturated rings. The lowest BCUT2D eigenvalue weighted by molar-refractivity contribution is 0.253. The number of aromatic nitrogens is 6. The smallest absolute Gasteiger partial charge is 0.189 e. The molecule has 1 saturated carbocycles. The third-order valence-corrected chi connectivity index (χ3v) is 8.45. The zero-order valence-corrected chi connectivity index (χ0v) is 21.0. The number of H-pyrrole nitrogens is 1. The van der Waals surface area contributed by atoms with E-state index in [-0.39, 0.29) is 5.54 Å². The van der Waals surface area contributed by atoms with Crippen LogP contribution in [0, 0.1) is 0 Å². The van der Waals surface area contributed by atoms with Gasteiger partial charge < -0.3 is 5.73 Å². The van der Waals surface area contributed by atoms with Crippen molar-refractivity contribution in [1.29, 1.82) is 0 Å². The molecule has 4 aromatic heterocycles. The molecule has 0 radical (unpaired) electrons. The Labute approximate surface area is 219 Å². The molecule has 0 aliphatic heterocycles. The van der Waals surface area contributed by atoms with Gasteiger partial charge in [-0.2, -0.15) is 5.10 Å². The van der Waals surface area contributed by atoms with Gasteiger partial charge in [0.1, 0.15) is 5.69 Å². The highest BCUT2D eigenvalue weighted by Crippen LogP contribution is 2.40. The normalized spacial score (nSPS) is 16.1. The quantitative estimate of drug-likeness (QED) is 0.319. The van der Waals surface area contributed by atoms with Crippen LogP contribution in [0.3, 0.4) is 0 Å². The van der Waals surface area contributed by atoms with Crippen LogP contribution in [0.1, 0.15) is 42.5 Å². The Hall–Kier alpha value is -4.36. The lowest BCUT2D eigenvalue weighted by Gasteiger charge is -2.38. The van der Waals surface area contributed by atoms with Crippen molar-refractivity contribution in [2.24, 2.45) is 5.73 Å². The zero-order valence-electron chi connectivity index (χ0n) is 21.0. The summed E-state index contributed by atoms with van der Waals surface area (Å²) in [6.07, 6.45) is 8.53. The highest BCUT2D eigenvalue weighted by Gasteiger charge is 2.34. The Balaban J connectivity index is 1.31. The van der Waals surface area contributed by atoms with E-state index in [1.54, 1.807) is 0 Å². The van der Waals surface area contributed by atoms with E-state index in [0.717, 1.165) is 82.6 Å². The molecular formula is C31H27N7. The summed E-state index contributed by atoms with van der Waals surface area (Å²) in [5.41, 5.74) is 16.9. The fraction of sp³-hybridized carbons (Fsp3) is 0.226. The minimum atomic E-state index is -0.178. The maximum Gasteiger partial charge on any atom is 0.189 e. The molecule has 7 nitrogen and oxygen atoms in total. The van der Waals surface area contributed by atoms with Gasteiger partial charge in [0.15, 0.2) is 11.5 Å². The minimum absolute atomic E-state index is 0.178. The van der Waals surface area contributed by atoms with E-state index >= 15 is 0 Å². The fourth-order valence-electron chi connectivity index (χ4n) is 6.12. The number of nitrogens with one attached hydrogen (secondary N) is 1. The van der Waals surface area contributed by atoms with Crippen molar-refractivity contribution >= 4 is 16.6 Å². The van der Waals surface area contributed by atoms with Gasteiger partial charge in [0, 0.05) is 39.5 Å². The number of hydrogen-bond donors (Lipinski definition) is 2. The Morgan fingerprint density at radius 3 is 2.47 bits per heavy atom. The van der Waals surface area contributed by atoms with Crippen LogP contribution < -0.4 is 5.73 Å². The molecule has 0 unspecified atom stereocenters. The molecule has 0 amide bonds. The van der Waals surface area contributed by atoms with Gasteiger partial charge in [-0.1, -0.05) is 54.6 Å². The topological polar surface area (TPSA) is 97.8 Å². The van der Waals surface area contributed by atoms with Crippen LogP contribution in [0.25, 0.3) is 50.5 Å². The molecule has 0 spiro atoms. The van der Waals surface area contributed by atoms with E-state index < -0.39 is 0 Å². The van der Waals surface area contributed by atoms with Gasteiger partial charge in [0.2, 0.25) is 0 Å². The first-order chi connectivity index (χ1) is 18.7. The number of nitrogens with two attached hydrogens (primary N) is 1. The van der Waals surface area contributed by atoms with Crippen molar-refractivity contribution < 1.29 is 0 Å². The molecule has 0 bridgehead atoms. The number of fused-ring (bicyclic) bond motifs is 4. The van der Waals surface area contributed by atoms with E-state index in [9.17, 15) is 0 Å². The third-order valence-electron chi connectivity index (χ3n) is 8.45. The third kappa shape index (κ3) is 3.18. The first kappa shape index (κ1) is 21.7. The lowest BCUT2D eigenvalue weighted by Crippen LogP contribution is -2.43. The summed E-state index contributed by atoms with van der Waals surface area (Å²) in [6, 6.07) is 23.4. The molecule has 4 heterocycles. The summed E-state index contributed by atoms with van der Waals surface area (Å²) in [5.74, 6) is 0.772. The number of pyridine rings is 2. The zero-order chi connectivity index (χ0) is 25.3. The fourth-order valence-corrected chi connectivity index (χ4v) is 6.12. The summed E-state index contributed by atoms with van der Waals surface area (Å²) in [6.45, 7) is 0. The van der Waals surface area contributed by atoms with Gasteiger partial charge in [-0.05, 0) is 61.8 Å². The van der Waals surface area contributed by atoms with E-state index in [1.807, 2.05) is 16.7 Å². The minimum Gasteiger partial charge on any atom is -0.321 e. The maximum atomic E-state index is 6.59. The average Bonchev–Trinajstić information content (AvgIpc) is 3.68. The van der Waals surface area contributed by atoms with E-state index in [0.29, 0.717) is 0 Å². The van der Waals surface area contributed by atoms with Crippen LogP contribution in [0.2, 0.25) is 0 Å². The molecular weight excluding hydrogens is 470 g/mol. The van der Waals surface area contributed by atoms with Crippen molar-refractivity contribution in [1.82, 2.24) is 29.8 Å². The summed E-state index contributed by atoms with van der Waals surface area (Å²) in [4.78, 5) is 5.19. The number of hydrogen-bond acceptors (Lipinski definition) is 5. The highest BCUT2D eigenvalue weighted by atomic mass is 15.3. The monoisotopic (exact) mass is 497 g/mol. The second-order valence-electron chi connectivity index (χ2n) is 10.7. The summed E-state index contributed by atoms with van der Waals surface area (Å²) >= 11 is 0. The van der Waals surface area contributed by atoms with Gasteiger partial charge in [-0.3, -0.25) is 9.50 Å². The van der Waals surface area contributed by atoms with Crippen LogP contribution in [0.4, 0.5) is 0 Å². The van der Waals surface area contributed by atoms with Crippen LogP contribution in [-0.4, -0.2) is 29.8 Å². The van der Waals surface area contributed by atoms with Crippen LogP contribution in [-0.2, 0) is 18.4 Å². The standard InChI is InChI=1S/C31H27N7/c32-31(15-5-16-31)21-12-10-20(11-13-21)27-23(19-6-2-1-3-7-19)18-24-25(33-27)14-17-38-29(24)36-37-30(38)28-22-8-4-9-26(22)34-35-28/h1-3,6-7,10-14,17-18H,4-5,8-9,15-16,32H2,(H,34,35). The number of aromatic amines is 1. The Morgan fingerprint density at radius 1 is 0.842 bits per heavy atom. The van der Waals surface area contributed by atoms with Crippen molar-refractivity contribution in [3.8, 4) is 33.9 Å². The molecule has 0 atom stereocenters. The van der Waals surface area contributed by atoms with E-state index in [2.05, 4.69) is 81.1 Å². The molecule has 186 valence electrons. The Bertz CT molecular complexity index is 1830. The van der Waals surface area contributed by atoms with Gasteiger partial charge in [0.25, 0.3) is 0 Å². The summed E-state index contributed by atoms with van der Waals surface area (Å²) in [7, 11) is 0. The second-order valence-corrected chi connectivity index (χ2v) is 10.7. The predicted octanol–water partition coefficient (Wildman–Crippen LogP) is 5.83. The molecule has 0 saturated heterocycles. The number of nitrogens with zero attached hydrogens (tertiary/aromatic N) is 5. The van der Waals surface area contributed by atoms with Crippen LogP contribution >= 0.6 is 0 Å². The first-order valence-electron chi connectivity index (χ1n) is 13.4. The van der Waals surface area contributed by atoms with Gasteiger partial charge >= 0.3 is 0 Å². The van der Waals surface area contributed by atoms with Gasteiger partial charge in [-0.15, -0.1) is 10.2 Å². The summed E-state index contributed by atoms with van der Waals surface area (Å²) in [5, 5.41) is 18.0. The molecule has 38 heavy (non-hydrogen) atoms. The van der Waals surface area contributed by atoms with Gasteiger partial charge in [0.05, 0.1) is 11.2 Å². The van der Waals surface area contributed by atoms with Crippen LogP contribution in [0.15, 0.2) is 72.9 Å². The van der Waals surface area contributed by atoms with E-state index in [4.69, 9.17) is 10.7 Å². The first-order valence-corrected chi connectivity index (χ1v) is 13.4. The molecule has 8 rings (SSSR count).